The number of aromatic amines is 1. The maximum absolute atomic E-state index is 4.60. The third kappa shape index (κ3) is 2.63. The molecule has 0 saturated heterocycles. The second kappa shape index (κ2) is 5.91. The van der Waals surface area contributed by atoms with Crippen molar-refractivity contribution in [1.29, 1.82) is 0 Å². The Labute approximate surface area is 131 Å². The summed E-state index contributed by atoms with van der Waals surface area (Å²) in [6.45, 7) is 8.71. The Hall–Kier alpha value is -2.16. The molecule has 0 radical (unpaired) electrons. The van der Waals surface area contributed by atoms with E-state index in [2.05, 4.69) is 60.8 Å². The molecule has 0 atom stereocenters. The fourth-order valence-corrected chi connectivity index (χ4v) is 2.77. The van der Waals surface area contributed by atoms with Crippen molar-refractivity contribution >= 4 is 10.9 Å². The Morgan fingerprint density at radius 3 is 2.41 bits per heavy atom. The second-order valence-electron chi connectivity index (χ2n) is 6.08. The van der Waals surface area contributed by atoms with Crippen LogP contribution in [0.2, 0.25) is 0 Å². The normalized spacial score (nSPS) is 11.5. The molecule has 0 unspecified atom stereocenters. The number of aromatic nitrogens is 3. The molecule has 3 heteroatoms. The molecule has 0 aliphatic rings. The lowest BCUT2D eigenvalue weighted by atomic mass is 10.00. The Morgan fingerprint density at radius 1 is 1.00 bits per heavy atom. The number of aryl methyl sites for hydroxylation is 2. The van der Waals surface area contributed by atoms with E-state index in [0.29, 0.717) is 5.92 Å². The molecular formula is C19H23N3. The van der Waals surface area contributed by atoms with Crippen LogP contribution in [-0.2, 0) is 12.8 Å². The predicted octanol–water partition coefficient (Wildman–Crippen LogP) is 4.87. The maximum atomic E-state index is 4.60. The minimum atomic E-state index is 0.504. The molecule has 0 spiro atoms. The molecule has 114 valence electrons. The molecular weight excluding hydrogens is 270 g/mol. The van der Waals surface area contributed by atoms with Crippen molar-refractivity contribution in [3.63, 3.8) is 0 Å². The molecule has 1 aromatic carbocycles. The number of H-pyrrole nitrogens is 1. The van der Waals surface area contributed by atoms with Crippen LogP contribution in [0, 0.1) is 0 Å². The first-order chi connectivity index (χ1) is 10.6. The standard InChI is InChI=1S/C19H23N3/c1-5-13-7-14-8-17(12(3)4)22-18(14)9-16(13)19-11-20-15(6-2)10-21-19/h7-12,22H,5-6H2,1-4H3. The average Bonchev–Trinajstić information content (AvgIpc) is 2.97. The van der Waals surface area contributed by atoms with E-state index in [1.807, 2.05) is 12.4 Å². The zero-order chi connectivity index (χ0) is 15.7. The molecule has 0 fully saturated rings. The first-order valence-electron chi connectivity index (χ1n) is 8.09. The van der Waals surface area contributed by atoms with Gasteiger partial charge < -0.3 is 4.98 Å². The minimum absolute atomic E-state index is 0.504. The Kier molecular flexibility index (Phi) is 3.97. The summed E-state index contributed by atoms with van der Waals surface area (Å²) in [7, 11) is 0. The predicted molar refractivity (Wildman–Crippen MR) is 92.2 cm³/mol. The van der Waals surface area contributed by atoms with Crippen LogP contribution in [0.1, 0.15) is 50.6 Å². The van der Waals surface area contributed by atoms with Crippen LogP contribution in [0.4, 0.5) is 0 Å². The lowest BCUT2D eigenvalue weighted by Gasteiger charge is -2.08. The van der Waals surface area contributed by atoms with Gasteiger partial charge in [0.25, 0.3) is 0 Å². The summed E-state index contributed by atoms with van der Waals surface area (Å²) in [6, 6.07) is 6.76. The van der Waals surface area contributed by atoms with Gasteiger partial charge in [-0.2, -0.15) is 0 Å². The molecule has 3 rings (SSSR count). The quantitative estimate of drug-likeness (QED) is 0.745. The van der Waals surface area contributed by atoms with E-state index >= 15 is 0 Å². The van der Waals surface area contributed by atoms with Gasteiger partial charge in [-0.25, -0.2) is 0 Å². The van der Waals surface area contributed by atoms with Crippen molar-refractivity contribution in [2.75, 3.05) is 0 Å². The molecule has 2 heterocycles. The monoisotopic (exact) mass is 293 g/mol. The lowest BCUT2D eigenvalue weighted by molar-refractivity contribution is 0.836. The number of hydrogen-bond acceptors (Lipinski definition) is 2. The number of fused-ring (bicyclic) bond motifs is 1. The van der Waals surface area contributed by atoms with Crippen molar-refractivity contribution in [2.45, 2.75) is 46.5 Å². The van der Waals surface area contributed by atoms with Gasteiger partial charge in [0, 0.05) is 23.0 Å². The van der Waals surface area contributed by atoms with Crippen LogP contribution in [0.3, 0.4) is 0 Å². The summed E-state index contributed by atoms with van der Waals surface area (Å²) in [5.74, 6) is 0.504. The van der Waals surface area contributed by atoms with Crippen molar-refractivity contribution in [2.24, 2.45) is 0 Å². The molecule has 1 N–H and O–H groups in total. The van der Waals surface area contributed by atoms with Crippen molar-refractivity contribution in [3.8, 4) is 11.3 Å². The summed E-state index contributed by atoms with van der Waals surface area (Å²) in [5.41, 5.74) is 6.95. The van der Waals surface area contributed by atoms with Gasteiger partial charge in [0.1, 0.15) is 0 Å². The third-order valence-electron chi connectivity index (χ3n) is 4.21. The largest absolute Gasteiger partial charge is 0.358 e. The van der Waals surface area contributed by atoms with E-state index in [1.165, 1.54) is 27.7 Å². The highest BCUT2D eigenvalue weighted by Gasteiger charge is 2.11. The van der Waals surface area contributed by atoms with Gasteiger partial charge in [-0.15, -0.1) is 0 Å². The number of nitrogens with one attached hydrogen (secondary N) is 1. The van der Waals surface area contributed by atoms with E-state index < -0.39 is 0 Å². The summed E-state index contributed by atoms with van der Waals surface area (Å²) in [4.78, 5) is 12.6. The minimum Gasteiger partial charge on any atom is -0.358 e. The van der Waals surface area contributed by atoms with Crippen LogP contribution in [0.15, 0.2) is 30.6 Å². The molecule has 0 saturated carbocycles. The molecule has 3 aromatic rings. The van der Waals surface area contributed by atoms with Crippen LogP contribution in [-0.4, -0.2) is 15.0 Å². The SMILES string of the molecule is CCc1cnc(-c2cc3[nH]c(C(C)C)cc3cc2CC)cn1. The first-order valence-corrected chi connectivity index (χ1v) is 8.09. The number of rotatable bonds is 4. The van der Waals surface area contributed by atoms with Gasteiger partial charge in [0.05, 0.1) is 17.6 Å². The topological polar surface area (TPSA) is 41.6 Å². The maximum Gasteiger partial charge on any atom is 0.0888 e. The second-order valence-corrected chi connectivity index (χ2v) is 6.08. The Balaban J connectivity index is 2.13. The number of benzene rings is 1. The van der Waals surface area contributed by atoms with E-state index in [-0.39, 0.29) is 0 Å². The van der Waals surface area contributed by atoms with Gasteiger partial charge in [0.2, 0.25) is 0 Å². The van der Waals surface area contributed by atoms with Crippen LogP contribution < -0.4 is 0 Å². The highest BCUT2D eigenvalue weighted by molar-refractivity contribution is 5.87. The molecule has 0 aliphatic heterocycles. The van der Waals surface area contributed by atoms with E-state index in [4.69, 9.17) is 0 Å². The number of hydrogen-bond donors (Lipinski definition) is 1. The Morgan fingerprint density at radius 2 is 1.82 bits per heavy atom. The molecule has 22 heavy (non-hydrogen) atoms. The highest BCUT2D eigenvalue weighted by atomic mass is 14.8. The first kappa shape index (κ1) is 14.8. The van der Waals surface area contributed by atoms with Gasteiger partial charge in [-0.3, -0.25) is 9.97 Å². The van der Waals surface area contributed by atoms with Gasteiger partial charge in [0.15, 0.2) is 0 Å². The van der Waals surface area contributed by atoms with E-state index in [9.17, 15) is 0 Å². The van der Waals surface area contributed by atoms with E-state index in [1.54, 1.807) is 0 Å². The average molecular weight is 293 g/mol. The highest BCUT2D eigenvalue weighted by Crippen LogP contribution is 2.29. The van der Waals surface area contributed by atoms with E-state index in [0.717, 1.165) is 24.2 Å². The van der Waals surface area contributed by atoms with Crippen molar-refractivity contribution < 1.29 is 0 Å². The summed E-state index contributed by atoms with van der Waals surface area (Å²) < 4.78 is 0. The zero-order valence-corrected chi connectivity index (χ0v) is 13.8. The zero-order valence-electron chi connectivity index (χ0n) is 13.8. The Bertz CT molecular complexity index is 782. The van der Waals surface area contributed by atoms with Crippen molar-refractivity contribution in [3.05, 3.63) is 47.5 Å². The summed E-state index contributed by atoms with van der Waals surface area (Å²) in [6.07, 6.45) is 5.69. The van der Waals surface area contributed by atoms with Gasteiger partial charge >= 0.3 is 0 Å². The van der Waals surface area contributed by atoms with Crippen LogP contribution in [0.25, 0.3) is 22.2 Å². The molecule has 0 bridgehead atoms. The third-order valence-corrected chi connectivity index (χ3v) is 4.21. The van der Waals surface area contributed by atoms with Gasteiger partial charge in [-0.05, 0) is 47.9 Å². The smallest absolute Gasteiger partial charge is 0.0888 e. The molecule has 0 amide bonds. The summed E-state index contributed by atoms with van der Waals surface area (Å²) >= 11 is 0. The molecule has 3 nitrogen and oxygen atoms in total. The fraction of sp³-hybridized carbons (Fsp3) is 0.368. The molecule has 0 aliphatic carbocycles. The van der Waals surface area contributed by atoms with Crippen molar-refractivity contribution in [1.82, 2.24) is 15.0 Å². The lowest BCUT2D eigenvalue weighted by Crippen LogP contribution is -1.94. The summed E-state index contributed by atoms with van der Waals surface area (Å²) in [5, 5.41) is 1.28. The fourth-order valence-electron chi connectivity index (χ4n) is 2.77. The number of nitrogens with zero attached hydrogens (tertiary/aromatic N) is 2. The van der Waals surface area contributed by atoms with Crippen LogP contribution >= 0.6 is 0 Å². The van der Waals surface area contributed by atoms with Crippen LogP contribution in [0.5, 0.6) is 0 Å². The van der Waals surface area contributed by atoms with Gasteiger partial charge in [-0.1, -0.05) is 27.7 Å². The molecule has 2 aromatic heterocycles.